The largest absolute Gasteiger partial charge is 0.480 e. The minimum absolute atomic E-state index is 0.0893. The van der Waals surface area contributed by atoms with Crippen LogP contribution in [0.15, 0.2) is 30.2 Å². The van der Waals surface area contributed by atoms with Crippen LogP contribution in [0, 0.1) is 0 Å². The fourth-order valence-electron chi connectivity index (χ4n) is 2.19. The molecular weight excluding hydrogens is 386 g/mol. The molecule has 1 saturated heterocycles. The van der Waals surface area contributed by atoms with Crippen molar-refractivity contribution < 1.29 is 32.6 Å². The van der Waals surface area contributed by atoms with Gasteiger partial charge in [0.1, 0.15) is 12.6 Å². The summed E-state index contributed by atoms with van der Waals surface area (Å²) in [6.07, 6.45) is -0.726. The van der Waals surface area contributed by atoms with Crippen LogP contribution in [0.25, 0.3) is 0 Å². The zero-order valence-electron chi connectivity index (χ0n) is 13.5. The third kappa shape index (κ3) is 4.88. The predicted octanol–water partition coefficient (Wildman–Crippen LogP) is -0.587. The summed E-state index contributed by atoms with van der Waals surface area (Å²) in [7, 11) is -4.12. The van der Waals surface area contributed by atoms with Crippen molar-refractivity contribution in [1.29, 1.82) is 0 Å². The monoisotopic (exact) mass is 403 g/mol. The van der Waals surface area contributed by atoms with Gasteiger partial charge in [0.25, 0.3) is 5.91 Å². The summed E-state index contributed by atoms with van der Waals surface area (Å²) in [5.41, 5.74) is 0. The summed E-state index contributed by atoms with van der Waals surface area (Å²) in [6.45, 7) is 3.16. The maximum Gasteiger partial charge on any atom is 0.321 e. The highest BCUT2D eigenvalue weighted by molar-refractivity contribution is 7.88. The Morgan fingerprint density at radius 3 is 2.85 bits per heavy atom. The Balaban J connectivity index is 2.16. The third-order valence-corrected chi connectivity index (χ3v) is 5.63. The Labute approximate surface area is 153 Å². The first kappa shape index (κ1) is 20.0. The fourth-order valence-corrected chi connectivity index (χ4v) is 4.20. The molecule has 0 radical (unpaired) electrons. The molecule has 142 valence electrons. The molecule has 0 unspecified atom stereocenters. The maximum atomic E-state index is 12.1. The number of esters is 1. The smallest absolute Gasteiger partial charge is 0.321 e. The highest BCUT2D eigenvalue weighted by Crippen LogP contribution is 2.20. The number of carbonyl (C=O) groups is 3. The highest BCUT2D eigenvalue weighted by atomic mass is 32.2. The Morgan fingerprint density at radius 1 is 1.54 bits per heavy atom. The highest BCUT2D eigenvalue weighted by Gasteiger charge is 2.45. The molecule has 0 aliphatic carbocycles. The molecule has 10 nitrogen and oxygen atoms in total. The molecule has 0 aromatic carbocycles. The number of rotatable bonds is 9. The molecule has 12 heteroatoms. The molecule has 2 heterocycles. The second-order valence-electron chi connectivity index (χ2n) is 5.23. The number of carboxylic acid groups (broad SMARTS) is 1. The van der Waals surface area contributed by atoms with E-state index in [1.165, 1.54) is 17.4 Å². The van der Waals surface area contributed by atoms with Gasteiger partial charge in [0.15, 0.2) is 6.17 Å². The van der Waals surface area contributed by atoms with Crippen molar-refractivity contribution in [2.45, 2.75) is 25.2 Å². The van der Waals surface area contributed by atoms with E-state index in [1.807, 2.05) is 4.72 Å². The van der Waals surface area contributed by atoms with E-state index < -0.39 is 46.7 Å². The van der Waals surface area contributed by atoms with Gasteiger partial charge in [-0.25, -0.2) is 4.72 Å². The first-order chi connectivity index (χ1) is 12.2. The number of hydrogen-bond acceptors (Lipinski definition) is 8. The Kier molecular flexibility index (Phi) is 6.47. The van der Waals surface area contributed by atoms with E-state index in [0.717, 1.165) is 4.31 Å². The molecule has 0 bridgehead atoms. The molecule has 1 fully saturated rings. The maximum absolute atomic E-state index is 12.1. The number of hydrogen-bond donors (Lipinski definition) is 3. The Bertz CT molecular complexity index is 791. The lowest BCUT2D eigenvalue weighted by atomic mass is 10.2. The van der Waals surface area contributed by atoms with Crippen molar-refractivity contribution in [1.82, 2.24) is 14.3 Å². The van der Waals surface area contributed by atoms with Gasteiger partial charge in [-0.05, 0) is 11.4 Å². The van der Waals surface area contributed by atoms with E-state index in [2.05, 4.69) is 11.9 Å². The molecule has 0 saturated carbocycles. The van der Waals surface area contributed by atoms with Gasteiger partial charge in [-0.15, -0.1) is 11.3 Å². The average Bonchev–Trinajstić information content (AvgIpc) is 3.13. The molecule has 1 aliphatic heterocycles. The SMILES string of the molecule is C=CCOC(=O)C[C@H](N[C@H]1C(=O)NS(=O)(=O)N1Cc1cccs1)C(=O)O. The van der Waals surface area contributed by atoms with Gasteiger partial charge in [0, 0.05) is 4.88 Å². The van der Waals surface area contributed by atoms with Gasteiger partial charge in [-0.3, -0.25) is 19.7 Å². The van der Waals surface area contributed by atoms with Crippen LogP contribution in [0.5, 0.6) is 0 Å². The zero-order chi connectivity index (χ0) is 19.3. The van der Waals surface area contributed by atoms with Crippen molar-refractivity contribution >= 4 is 39.4 Å². The lowest BCUT2D eigenvalue weighted by Crippen LogP contribution is -2.53. The summed E-state index contributed by atoms with van der Waals surface area (Å²) in [4.78, 5) is 35.7. The number of nitrogens with zero attached hydrogens (tertiary/aromatic N) is 1. The second-order valence-corrected chi connectivity index (χ2v) is 7.89. The molecular formula is C14H17N3O7S2. The minimum atomic E-state index is -4.12. The fraction of sp³-hybridized carbons (Fsp3) is 0.357. The van der Waals surface area contributed by atoms with Gasteiger partial charge in [0.2, 0.25) is 0 Å². The van der Waals surface area contributed by atoms with Gasteiger partial charge < -0.3 is 9.84 Å². The van der Waals surface area contributed by atoms with Gasteiger partial charge in [-0.1, -0.05) is 18.7 Å². The molecule has 0 spiro atoms. The molecule has 1 aromatic rings. The summed E-state index contributed by atoms with van der Waals surface area (Å²) in [5.74, 6) is -3.17. The van der Waals surface area contributed by atoms with Crippen LogP contribution in [0.1, 0.15) is 11.3 Å². The number of amides is 1. The van der Waals surface area contributed by atoms with Crippen molar-refractivity contribution in [3.63, 3.8) is 0 Å². The first-order valence-electron chi connectivity index (χ1n) is 7.35. The number of aliphatic carboxylic acids is 1. The number of ether oxygens (including phenoxy) is 1. The van der Waals surface area contributed by atoms with Crippen molar-refractivity contribution in [3.05, 3.63) is 35.0 Å². The summed E-state index contributed by atoms with van der Waals surface area (Å²) in [6, 6.07) is 1.89. The van der Waals surface area contributed by atoms with Crippen LogP contribution >= 0.6 is 11.3 Å². The van der Waals surface area contributed by atoms with E-state index in [-0.39, 0.29) is 13.2 Å². The van der Waals surface area contributed by atoms with Crippen LogP contribution in [-0.2, 0) is 35.9 Å². The lowest BCUT2D eigenvalue weighted by Gasteiger charge is -2.23. The van der Waals surface area contributed by atoms with Gasteiger partial charge in [0.05, 0.1) is 13.0 Å². The van der Waals surface area contributed by atoms with Crippen LogP contribution in [0.4, 0.5) is 0 Å². The molecule has 1 aromatic heterocycles. The molecule has 1 amide bonds. The average molecular weight is 403 g/mol. The van der Waals surface area contributed by atoms with E-state index in [0.29, 0.717) is 4.88 Å². The summed E-state index contributed by atoms with van der Waals surface area (Å²) in [5, 5.41) is 13.4. The number of thiophene rings is 1. The standard InChI is InChI=1S/C14H17N3O7S2/c1-2-5-24-11(18)7-10(14(20)21)15-12-13(19)16-26(22,23)17(12)8-9-4-3-6-25-9/h2-4,6,10,12,15H,1,5,7-8H2,(H,16,19)(H,20,21)/t10-,12+/m0/s1. The van der Waals surface area contributed by atoms with Crippen LogP contribution < -0.4 is 10.0 Å². The predicted molar refractivity (Wildman–Crippen MR) is 91.0 cm³/mol. The number of carbonyl (C=O) groups excluding carboxylic acids is 2. The first-order valence-corrected chi connectivity index (χ1v) is 9.67. The van der Waals surface area contributed by atoms with E-state index >= 15 is 0 Å². The zero-order valence-corrected chi connectivity index (χ0v) is 15.1. The van der Waals surface area contributed by atoms with Crippen LogP contribution in [0.2, 0.25) is 0 Å². The molecule has 26 heavy (non-hydrogen) atoms. The van der Waals surface area contributed by atoms with Gasteiger partial charge in [-0.2, -0.15) is 12.7 Å². The second kappa shape index (κ2) is 8.40. The quantitative estimate of drug-likeness (QED) is 0.367. The third-order valence-electron chi connectivity index (χ3n) is 3.36. The molecule has 3 N–H and O–H groups in total. The topological polar surface area (TPSA) is 142 Å². The minimum Gasteiger partial charge on any atom is -0.480 e. The summed E-state index contributed by atoms with van der Waals surface area (Å²) < 4.78 is 31.6. The molecule has 2 atom stereocenters. The van der Waals surface area contributed by atoms with Crippen molar-refractivity contribution in [2.75, 3.05) is 6.61 Å². The van der Waals surface area contributed by atoms with Gasteiger partial charge >= 0.3 is 22.1 Å². The van der Waals surface area contributed by atoms with E-state index in [9.17, 15) is 27.9 Å². The normalized spacial score (nSPS) is 20.3. The van der Waals surface area contributed by atoms with Crippen LogP contribution in [-0.4, -0.2) is 54.5 Å². The van der Waals surface area contributed by atoms with E-state index in [4.69, 9.17) is 4.74 Å². The summed E-state index contributed by atoms with van der Waals surface area (Å²) >= 11 is 1.29. The Morgan fingerprint density at radius 2 is 2.27 bits per heavy atom. The number of nitrogens with one attached hydrogen (secondary N) is 2. The lowest BCUT2D eigenvalue weighted by molar-refractivity contribution is -0.149. The van der Waals surface area contributed by atoms with Crippen molar-refractivity contribution in [2.24, 2.45) is 0 Å². The van der Waals surface area contributed by atoms with Crippen molar-refractivity contribution in [3.8, 4) is 0 Å². The van der Waals surface area contributed by atoms with Crippen LogP contribution in [0.3, 0.4) is 0 Å². The molecule has 1 aliphatic rings. The molecule has 2 rings (SSSR count). The number of carboxylic acids is 1. The van der Waals surface area contributed by atoms with E-state index in [1.54, 1.807) is 17.5 Å². The Hall–Kier alpha value is -2.28.